The Morgan fingerprint density at radius 3 is 2.42 bits per heavy atom. The average Bonchev–Trinajstić information content (AvgIpc) is 2.38. The van der Waals surface area contributed by atoms with E-state index in [1.54, 1.807) is 7.11 Å². The van der Waals surface area contributed by atoms with Crippen molar-refractivity contribution in [3.63, 3.8) is 0 Å². The van der Waals surface area contributed by atoms with Gasteiger partial charge in [0.2, 0.25) is 0 Å². The molecule has 2 aromatic rings. The summed E-state index contributed by atoms with van der Waals surface area (Å²) in [6.45, 7) is 4.10. The lowest BCUT2D eigenvalue weighted by atomic mass is 9.97. The number of methoxy groups -OCH3 is 1. The van der Waals surface area contributed by atoms with Gasteiger partial charge in [0.1, 0.15) is 5.75 Å². The van der Waals surface area contributed by atoms with E-state index >= 15 is 0 Å². The molecule has 0 bridgehead atoms. The van der Waals surface area contributed by atoms with Crippen LogP contribution in [0.5, 0.6) is 5.75 Å². The highest BCUT2D eigenvalue weighted by Gasteiger charge is 2.10. The summed E-state index contributed by atoms with van der Waals surface area (Å²) in [5, 5.41) is 8.34. The Balaban J connectivity index is 2.41. The molecule has 1 N–H and O–H groups in total. The molecule has 98 valence electrons. The van der Waals surface area contributed by atoms with Crippen LogP contribution in [0.4, 0.5) is 0 Å². The SMILES string of the molecule is COc1ccc(C(=N)c2ccc(C)cc2C)cc1Br. The minimum atomic E-state index is 0.529. The Hall–Kier alpha value is -1.61. The lowest BCUT2D eigenvalue weighted by Gasteiger charge is -2.10. The van der Waals surface area contributed by atoms with E-state index in [2.05, 4.69) is 28.9 Å². The van der Waals surface area contributed by atoms with Crippen molar-refractivity contribution in [2.45, 2.75) is 13.8 Å². The fourth-order valence-electron chi connectivity index (χ4n) is 2.07. The minimum Gasteiger partial charge on any atom is -0.496 e. The highest BCUT2D eigenvalue weighted by atomic mass is 79.9. The topological polar surface area (TPSA) is 33.1 Å². The molecule has 0 radical (unpaired) electrons. The Bertz CT molecular complexity index is 635. The molecule has 0 spiro atoms. The van der Waals surface area contributed by atoms with Crippen molar-refractivity contribution in [2.75, 3.05) is 7.11 Å². The van der Waals surface area contributed by atoms with Crippen molar-refractivity contribution in [3.8, 4) is 5.75 Å². The predicted molar refractivity (Wildman–Crippen MR) is 82.5 cm³/mol. The zero-order valence-electron chi connectivity index (χ0n) is 11.3. The Labute approximate surface area is 122 Å². The first-order valence-electron chi connectivity index (χ1n) is 6.03. The van der Waals surface area contributed by atoms with Gasteiger partial charge in [-0.3, -0.25) is 5.41 Å². The third-order valence-electron chi connectivity index (χ3n) is 3.09. The standard InChI is InChI=1S/C16H16BrNO/c1-10-4-6-13(11(2)8-10)16(18)12-5-7-15(19-3)14(17)9-12/h4-9,18H,1-3H3. The van der Waals surface area contributed by atoms with Gasteiger partial charge in [0.25, 0.3) is 0 Å². The molecule has 0 atom stereocenters. The maximum Gasteiger partial charge on any atom is 0.133 e. The van der Waals surface area contributed by atoms with Gasteiger partial charge in [-0.1, -0.05) is 23.8 Å². The maximum absolute atomic E-state index is 8.34. The van der Waals surface area contributed by atoms with Crippen molar-refractivity contribution in [3.05, 3.63) is 63.1 Å². The number of hydrogen-bond donors (Lipinski definition) is 1. The number of benzene rings is 2. The summed E-state index contributed by atoms with van der Waals surface area (Å²) < 4.78 is 6.07. The van der Waals surface area contributed by atoms with Crippen LogP contribution in [-0.4, -0.2) is 12.8 Å². The number of halogens is 1. The number of nitrogens with one attached hydrogen (secondary N) is 1. The fourth-order valence-corrected chi connectivity index (χ4v) is 2.61. The molecule has 19 heavy (non-hydrogen) atoms. The van der Waals surface area contributed by atoms with E-state index in [9.17, 15) is 0 Å². The van der Waals surface area contributed by atoms with Gasteiger partial charge < -0.3 is 4.74 Å². The number of hydrogen-bond acceptors (Lipinski definition) is 2. The lowest BCUT2D eigenvalue weighted by molar-refractivity contribution is 0.412. The van der Waals surface area contributed by atoms with E-state index in [0.717, 1.165) is 26.9 Å². The second-order valence-electron chi connectivity index (χ2n) is 4.54. The summed E-state index contributed by atoms with van der Waals surface area (Å²) in [5.74, 6) is 0.775. The van der Waals surface area contributed by atoms with Crippen molar-refractivity contribution in [2.24, 2.45) is 0 Å². The molecular weight excluding hydrogens is 302 g/mol. The molecule has 0 aliphatic rings. The molecule has 0 saturated carbocycles. The molecule has 0 aliphatic carbocycles. The van der Waals surface area contributed by atoms with Crippen LogP contribution in [0.2, 0.25) is 0 Å². The van der Waals surface area contributed by atoms with Crippen LogP contribution in [0.25, 0.3) is 0 Å². The molecule has 3 heteroatoms. The van der Waals surface area contributed by atoms with Gasteiger partial charge in [0, 0.05) is 11.1 Å². The molecule has 2 nitrogen and oxygen atoms in total. The van der Waals surface area contributed by atoms with Crippen LogP contribution >= 0.6 is 15.9 Å². The van der Waals surface area contributed by atoms with Gasteiger partial charge in [-0.15, -0.1) is 0 Å². The second-order valence-corrected chi connectivity index (χ2v) is 5.40. The van der Waals surface area contributed by atoms with Crippen LogP contribution in [0.3, 0.4) is 0 Å². The van der Waals surface area contributed by atoms with Gasteiger partial charge in [-0.25, -0.2) is 0 Å². The minimum absolute atomic E-state index is 0.529. The Morgan fingerprint density at radius 2 is 1.84 bits per heavy atom. The van der Waals surface area contributed by atoms with E-state index in [1.165, 1.54) is 5.56 Å². The molecule has 0 aliphatic heterocycles. The molecule has 2 rings (SSSR count). The Morgan fingerprint density at radius 1 is 1.11 bits per heavy atom. The first-order valence-corrected chi connectivity index (χ1v) is 6.82. The van der Waals surface area contributed by atoms with Crippen molar-refractivity contribution >= 4 is 21.6 Å². The molecule has 0 heterocycles. The third-order valence-corrected chi connectivity index (χ3v) is 3.71. The quantitative estimate of drug-likeness (QED) is 0.831. The predicted octanol–water partition coefficient (Wildman–Crippen LogP) is 4.49. The Kier molecular flexibility index (Phi) is 4.05. The van der Waals surface area contributed by atoms with Gasteiger partial charge in [0.05, 0.1) is 17.3 Å². The first kappa shape index (κ1) is 13.8. The van der Waals surface area contributed by atoms with E-state index in [1.807, 2.05) is 37.3 Å². The monoisotopic (exact) mass is 317 g/mol. The van der Waals surface area contributed by atoms with E-state index in [0.29, 0.717) is 5.71 Å². The van der Waals surface area contributed by atoms with Crippen molar-refractivity contribution < 1.29 is 4.74 Å². The number of ether oxygens (including phenoxy) is 1. The summed E-state index contributed by atoms with van der Waals surface area (Å²) in [6.07, 6.45) is 0. The highest BCUT2D eigenvalue weighted by molar-refractivity contribution is 9.10. The van der Waals surface area contributed by atoms with Crippen LogP contribution in [-0.2, 0) is 0 Å². The molecular formula is C16H16BrNO. The van der Waals surface area contributed by atoms with E-state index < -0.39 is 0 Å². The van der Waals surface area contributed by atoms with Crippen LogP contribution in [0.15, 0.2) is 40.9 Å². The van der Waals surface area contributed by atoms with Gasteiger partial charge in [-0.2, -0.15) is 0 Å². The zero-order valence-corrected chi connectivity index (χ0v) is 12.8. The summed E-state index contributed by atoms with van der Waals surface area (Å²) in [7, 11) is 1.63. The van der Waals surface area contributed by atoms with Crippen LogP contribution < -0.4 is 4.74 Å². The number of rotatable bonds is 3. The van der Waals surface area contributed by atoms with Gasteiger partial charge in [-0.05, 0) is 53.5 Å². The summed E-state index contributed by atoms with van der Waals surface area (Å²) in [5.41, 5.74) is 4.70. The third kappa shape index (κ3) is 2.87. The second kappa shape index (κ2) is 5.57. The van der Waals surface area contributed by atoms with E-state index in [-0.39, 0.29) is 0 Å². The summed E-state index contributed by atoms with van der Waals surface area (Å²) in [6, 6.07) is 11.8. The highest BCUT2D eigenvalue weighted by Crippen LogP contribution is 2.27. The van der Waals surface area contributed by atoms with E-state index in [4.69, 9.17) is 10.1 Å². The van der Waals surface area contributed by atoms with Crippen molar-refractivity contribution in [1.29, 1.82) is 5.41 Å². The molecule has 0 unspecified atom stereocenters. The maximum atomic E-state index is 8.34. The molecule has 0 amide bonds. The smallest absolute Gasteiger partial charge is 0.133 e. The average molecular weight is 318 g/mol. The van der Waals surface area contributed by atoms with Crippen LogP contribution in [0.1, 0.15) is 22.3 Å². The lowest BCUT2D eigenvalue weighted by Crippen LogP contribution is -2.04. The summed E-state index contributed by atoms with van der Waals surface area (Å²) >= 11 is 3.46. The summed E-state index contributed by atoms with van der Waals surface area (Å²) in [4.78, 5) is 0. The normalized spacial score (nSPS) is 10.3. The van der Waals surface area contributed by atoms with Gasteiger partial charge >= 0.3 is 0 Å². The molecule has 2 aromatic carbocycles. The molecule has 0 saturated heterocycles. The molecule has 0 aromatic heterocycles. The largest absolute Gasteiger partial charge is 0.496 e. The van der Waals surface area contributed by atoms with Crippen LogP contribution in [0, 0.1) is 19.3 Å². The zero-order chi connectivity index (χ0) is 14.0. The number of aryl methyl sites for hydroxylation is 2. The van der Waals surface area contributed by atoms with Crippen molar-refractivity contribution in [1.82, 2.24) is 0 Å². The van der Waals surface area contributed by atoms with Gasteiger partial charge in [0.15, 0.2) is 0 Å². The fraction of sp³-hybridized carbons (Fsp3) is 0.188. The molecule has 0 fully saturated rings. The first-order chi connectivity index (χ1) is 9.02.